The molecule has 0 radical (unpaired) electrons. The third-order valence-corrected chi connectivity index (χ3v) is 2.88. The van der Waals surface area contributed by atoms with Crippen molar-refractivity contribution in [3.05, 3.63) is 0 Å². The van der Waals surface area contributed by atoms with Crippen LogP contribution in [0.4, 0.5) is 4.39 Å². The van der Waals surface area contributed by atoms with E-state index in [0.717, 1.165) is 20.8 Å². The molecule has 0 aromatic heterocycles. The van der Waals surface area contributed by atoms with Gasteiger partial charge < -0.3 is 23.7 Å². The summed E-state index contributed by atoms with van der Waals surface area (Å²) in [5.41, 5.74) is 0. The number of ether oxygens (including phenoxy) is 5. The van der Waals surface area contributed by atoms with Crippen LogP contribution >= 0.6 is 0 Å². The van der Waals surface area contributed by atoms with Gasteiger partial charge in [0.2, 0.25) is 0 Å². The first-order valence-corrected chi connectivity index (χ1v) is 6.56. The van der Waals surface area contributed by atoms with E-state index in [0.29, 0.717) is 0 Å². The first-order valence-electron chi connectivity index (χ1n) is 6.56. The van der Waals surface area contributed by atoms with Crippen molar-refractivity contribution in [3.8, 4) is 0 Å². The SMILES string of the molecule is CO[C@H]1O[C@H](CF)[C@H](OC(C)=O)[C@@H](OC(C)=O)[C@@H]1OC(C)=O. The lowest BCUT2D eigenvalue weighted by atomic mass is 9.98. The number of hydrogen-bond acceptors (Lipinski definition) is 8. The lowest BCUT2D eigenvalue weighted by Crippen LogP contribution is -2.62. The predicted octanol–water partition coefficient (Wildman–Crippen LogP) is 0.122. The van der Waals surface area contributed by atoms with Gasteiger partial charge in [0.25, 0.3) is 0 Å². The van der Waals surface area contributed by atoms with Gasteiger partial charge in [-0.2, -0.15) is 0 Å². The summed E-state index contributed by atoms with van der Waals surface area (Å²) < 4.78 is 38.5. The molecular formula is C13H19FO8. The zero-order valence-electron chi connectivity index (χ0n) is 12.7. The van der Waals surface area contributed by atoms with E-state index in [1.165, 1.54) is 7.11 Å². The third-order valence-electron chi connectivity index (χ3n) is 2.88. The zero-order valence-corrected chi connectivity index (χ0v) is 12.7. The van der Waals surface area contributed by atoms with Crippen LogP contribution in [-0.4, -0.2) is 62.4 Å². The highest BCUT2D eigenvalue weighted by atomic mass is 19.1. The van der Waals surface area contributed by atoms with Gasteiger partial charge in [-0.25, -0.2) is 4.39 Å². The molecule has 1 aliphatic rings. The topological polar surface area (TPSA) is 97.4 Å². The predicted molar refractivity (Wildman–Crippen MR) is 68.3 cm³/mol. The van der Waals surface area contributed by atoms with Crippen LogP contribution in [0.25, 0.3) is 0 Å². The average Bonchev–Trinajstić information content (AvgIpc) is 2.41. The first-order chi connectivity index (χ1) is 10.3. The minimum absolute atomic E-state index is 0.687. The van der Waals surface area contributed by atoms with E-state index in [2.05, 4.69) is 0 Å². The monoisotopic (exact) mass is 322 g/mol. The van der Waals surface area contributed by atoms with Gasteiger partial charge in [-0.05, 0) is 0 Å². The molecule has 0 aromatic carbocycles. The highest BCUT2D eigenvalue weighted by Gasteiger charge is 2.52. The van der Waals surface area contributed by atoms with Crippen molar-refractivity contribution in [1.29, 1.82) is 0 Å². The second-order valence-corrected chi connectivity index (χ2v) is 4.66. The molecule has 1 heterocycles. The number of hydrogen-bond donors (Lipinski definition) is 0. The molecule has 0 spiro atoms. The van der Waals surface area contributed by atoms with E-state index < -0.39 is 55.3 Å². The van der Waals surface area contributed by atoms with Gasteiger partial charge in [0, 0.05) is 27.9 Å². The van der Waals surface area contributed by atoms with E-state index in [1.807, 2.05) is 0 Å². The average molecular weight is 322 g/mol. The molecule has 1 saturated heterocycles. The smallest absolute Gasteiger partial charge is 0.303 e. The molecule has 9 heteroatoms. The Balaban J connectivity index is 3.14. The van der Waals surface area contributed by atoms with Gasteiger partial charge in [0.05, 0.1) is 0 Å². The van der Waals surface area contributed by atoms with Crippen molar-refractivity contribution in [2.75, 3.05) is 13.8 Å². The minimum Gasteiger partial charge on any atom is -0.456 e. The molecule has 0 N–H and O–H groups in total. The van der Waals surface area contributed by atoms with E-state index in [4.69, 9.17) is 23.7 Å². The van der Waals surface area contributed by atoms with E-state index in [-0.39, 0.29) is 0 Å². The minimum atomic E-state index is -1.26. The Bertz CT molecular complexity index is 396. The van der Waals surface area contributed by atoms with Crippen molar-refractivity contribution in [2.45, 2.75) is 51.5 Å². The molecule has 0 unspecified atom stereocenters. The summed E-state index contributed by atoms with van der Waals surface area (Å²) in [6.45, 7) is 2.36. The van der Waals surface area contributed by atoms with Crippen molar-refractivity contribution in [2.24, 2.45) is 0 Å². The van der Waals surface area contributed by atoms with Crippen LogP contribution in [0.5, 0.6) is 0 Å². The molecule has 22 heavy (non-hydrogen) atoms. The number of carbonyl (C=O) groups is 3. The Kier molecular flexibility index (Phi) is 6.69. The zero-order chi connectivity index (χ0) is 16.9. The van der Waals surface area contributed by atoms with Crippen LogP contribution in [0.15, 0.2) is 0 Å². The molecule has 126 valence electrons. The highest BCUT2D eigenvalue weighted by molar-refractivity contribution is 5.68. The van der Waals surface area contributed by atoms with Crippen molar-refractivity contribution >= 4 is 17.9 Å². The molecule has 0 aliphatic carbocycles. The molecule has 1 aliphatic heterocycles. The second-order valence-electron chi connectivity index (χ2n) is 4.66. The normalized spacial score (nSPS) is 31.2. The molecule has 0 saturated carbocycles. The number of methoxy groups -OCH3 is 1. The second kappa shape index (κ2) is 8.04. The van der Waals surface area contributed by atoms with E-state index >= 15 is 0 Å². The Hall–Kier alpha value is -1.74. The van der Waals surface area contributed by atoms with Crippen LogP contribution < -0.4 is 0 Å². The fourth-order valence-corrected chi connectivity index (χ4v) is 2.17. The number of alkyl halides is 1. The number of halogens is 1. The number of carbonyl (C=O) groups excluding carboxylic acids is 3. The van der Waals surface area contributed by atoms with Crippen molar-refractivity contribution < 1.29 is 42.5 Å². The van der Waals surface area contributed by atoms with Crippen molar-refractivity contribution in [1.82, 2.24) is 0 Å². The van der Waals surface area contributed by atoms with E-state index in [9.17, 15) is 18.8 Å². The van der Waals surface area contributed by atoms with Gasteiger partial charge in [0.1, 0.15) is 12.8 Å². The van der Waals surface area contributed by atoms with Gasteiger partial charge >= 0.3 is 17.9 Å². The summed E-state index contributed by atoms with van der Waals surface area (Å²) in [6, 6.07) is 0. The lowest BCUT2D eigenvalue weighted by Gasteiger charge is -2.43. The Morgan fingerprint density at radius 2 is 1.36 bits per heavy atom. The van der Waals surface area contributed by atoms with E-state index in [1.54, 1.807) is 0 Å². The molecule has 0 bridgehead atoms. The Labute approximate surface area is 126 Å². The number of esters is 3. The standard InChI is InChI=1S/C13H19FO8/c1-6(15)19-10-9(5-14)22-13(18-4)12(21-8(3)17)11(10)20-7(2)16/h9-13H,5H2,1-4H3/t9-,10+,11-,12+,13+/m1/s1. The maximum absolute atomic E-state index is 13.2. The molecule has 0 amide bonds. The lowest BCUT2D eigenvalue weighted by molar-refractivity contribution is -0.299. The first kappa shape index (κ1) is 18.3. The van der Waals surface area contributed by atoms with Gasteiger partial charge in [-0.1, -0.05) is 0 Å². The molecular weight excluding hydrogens is 303 g/mol. The summed E-state index contributed by atoms with van der Waals surface area (Å²) in [5.74, 6) is -2.12. The van der Waals surface area contributed by atoms with Crippen LogP contribution in [0, 0.1) is 0 Å². The quantitative estimate of drug-likeness (QED) is 0.520. The van der Waals surface area contributed by atoms with Crippen molar-refractivity contribution in [3.63, 3.8) is 0 Å². The van der Waals surface area contributed by atoms with Crippen LogP contribution in [0.2, 0.25) is 0 Å². The fraction of sp³-hybridized carbons (Fsp3) is 0.769. The number of rotatable bonds is 5. The third kappa shape index (κ3) is 4.63. The summed E-state index contributed by atoms with van der Waals surface area (Å²) in [5, 5.41) is 0. The summed E-state index contributed by atoms with van der Waals surface area (Å²) in [7, 11) is 1.26. The van der Waals surface area contributed by atoms with Gasteiger partial charge in [-0.3, -0.25) is 14.4 Å². The molecule has 1 rings (SSSR count). The van der Waals surface area contributed by atoms with Gasteiger partial charge in [0.15, 0.2) is 24.6 Å². The molecule has 8 nitrogen and oxygen atoms in total. The summed E-state index contributed by atoms with van der Waals surface area (Å²) >= 11 is 0. The summed E-state index contributed by atoms with van der Waals surface area (Å²) in [4.78, 5) is 33.7. The fourth-order valence-electron chi connectivity index (χ4n) is 2.17. The maximum atomic E-state index is 13.2. The molecule has 0 aromatic rings. The van der Waals surface area contributed by atoms with Crippen LogP contribution in [-0.2, 0) is 38.1 Å². The summed E-state index contributed by atoms with van der Waals surface area (Å²) in [6.07, 6.45) is -6.09. The largest absolute Gasteiger partial charge is 0.456 e. The maximum Gasteiger partial charge on any atom is 0.303 e. The van der Waals surface area contributed by atoms with Gasteiger partial charge in [-0.15, -0.1) is 0 Å². The Morgan fingerprint density at radius 3 is 1.77 bits per heavy atom. The highest BCUT2D eigenvalue weighted by Crippen LogP contribution is 2.29. The Morgan fingerprint density at radius 1 is 0.909 bits per heavy atom. The van der Waals surface area contributed by atoms with Crippen LogP contribution in [0.1, 0.15) is 20.8 Å². The molecule has 5 atom stereocenters. The van der Waals surface area contributed by atoms with Crippen LogP contribution in [0.3, 0.4) is 0 Å². The molecule has 1 fully saturated rings.